The van der Waals surface area contributed by atoms with Gasteiger partial charge >= 0.3 is 5.97 Å². The number of carbonyl (C=O) groups excluding carboxylic acids is 2. The number of thioether (sulfide) groups is 1. The summed E-state index contributed by atoms with van der Waals surface area (Å²) in [7, 11) is 1.34. The third kappa shape index (κ3) is 6.51. The van der Waals surface area contributed by atoms with E-state index < -0.39 is 5.97 Å². The van der Waals surface area contributed by atoms with Crippen LogP contribution in [0.5, 0.6) is 5.75 Å². The van der Waals surface area contributed by atoms with Gasteiger partial charge < -0.3 is 19.4 Å². The van der Waals surface area contributed by atoms with Crippen LogP contribution in [0.4, 0.5) is 5.00 Å². The summed E-state index contributed by atoms with van der Waals surface area (Å²) < 4.78 is 13.2. The van der Waals surface area contributed by atoms with Gasteiger partial charge in [0.25, 0.3) is 0 Å². The van der Waals surface area contributed by atoms with Crippen molar-refractivity contribution in [2.75, 3.05) is 18.2 Å². The van der Waals surface area contributed by atoms with E-state index in [2.05, 4.69) is 21.6 Å². The Bertz CT molecular complexity index is 1460. The first-order valence-electron chi connectivity index (χ1n) is 12.6. The molecule has 39 heavy (non-hydrogen) atoms. The van der Waals surface area contributed by atoms with Gasteiger partial charge in [0.1, 0.15) is 16.3 Å². The van der Waals surface area contributed by atoms with Gasteiger partial charge in [-0.1, -0.05) is 48.2 Å². The zero-order valence-corrected chi connectivity index (χ0v) is 24.5. The summed E-state index contributed by atoms with van der Waals surface area (Å²) in [6.45, 7) is 10.6. The van der Waals surface area contributed by atoms with Gasteiger partial charge in [-0.15, -0.1) is 21.5 Å². The molecule has 1 atom stereocenters. The lowest BCUT2D eigenvalue weighted by Gasteiger charge is -2.16. The highest BCUT2D eigenvalue weighted by molar-refractivity contribution is 7.99. The smallest absolute Gasteiger partial charge is 0.341 e. The minimum absolute atomic E-state index is 0.0999. The van der Waals surface area contributed by atoms with Crippen molar-refractivity contribution in [2.24, 2.45) is 0 Å². The minimum Gasteiger partial charge on any atom is -0.483 e. The second-order valence-electron chi connectivity index (χ2n) is 9.10. The highest BCUT2D eigenvalue weighted by Crippen LogP contribution is 2.40. The number of thiophene rings is 1. The zero-order valence-electron chi connectivity index (χ0n) is 22.9. The molecule has 204 valence electrons. The lowest BCUT2D eigenvalue weighted by atomic mass is 10.0. The molecule has 0 radical (unpaired) electrons. The summed E-state index contributed by atoms with van der Waals surface area (Å²) in [6, 6.07) is 15.7. The average molecular weight is 565 g/mol. The van der Waals surface area contributed by atoms with Crippen LogP contribution in [-0.4, -0.2) is 39.5 Å². The summed E-state index contributed by atoms with van der Waals surface area (Å²) in [5.41, 5.74) is 4.28. The quantitative estimate of drug-likeness (QED) is 0.171. The van der Waals surface area contributed by atoms with E-state index in [4.69, 9.17) is 9.47 Å². The summed E-state index contributed by atoms with van der Waals surface area (Å²) in [6.07, 6.45) is -0.324. The molecule has 10 heteroatoms. The number of esters is 1. The summed E-state index contributed by atoms with van der Waals surface area (Å²) in [5, 5.41) is 12.7. The molecule has 0 aliphatic heterocycles. The third-order valence-corrected chi connectivity index (χ3v) is 8.04. The number of nitrogens with zero attached hydrogens (tertiary/aromatic N) is 3. The first-order valence-corrected chi connectivity index (χ1v) is 14.4. The fraction of sp³-hybridized carbons (Fsp3) is 0.310. The average Bonchev–Trinajstić information content (AvgIpc) is 3.46. The second kappa shape index (κ2) is 12.5. The molecule has 0 fully saturated rings. The minimum atomic E-state index is -0.491. The number of nitrogens with one attached hydrogen (secondary N) is 1. The van der Waals surface area contributed by atoms with Crippen LogP contribution in [0.15, 0.2) is 53.7 Å². The molecule has 0 spiro atoms. The molecule has 4 aromatic rings. The van der Waals surface area contributed by atoms with Crippen LogP contribution >= 0.6 is 23.1 Å². The maximum Gasteiger partial charge on any atom is 0.341 e. The molecule has 1 amide bonds. The van der Waals surface area contributed by atoms with Gasteiger partial charge in [-0.05, 0) is 63.4 Å². The predicted octanol–water partition coefficient (Wildman–Crippen LogP) is 6.61. The van der Waals surface area contributed by atoms with Crippen LogP contribution < -0.4 is 10.1 Å². The Balaban J connectivity index is 1.48. The molecule has 2 heterocycles. The Morgan fingerprint density at radius 3 is 2.41 bits per heavy atom. The molecule has 0 aliphatic rings. The Labute approximate surface area is 236 Å². The van der Waals surface area contributed by atoms with Gasteiger partial charge in [-0.3, -0.25) is 4.79 Å². The van der Waals surface area contributed by atoms with Gasteiger partial charge in [-0.25, -0.2) is 4.79 Å². The van der Waals surface area contributed by atoms with E-state index in [-0.39, 0.29) is 17.8 Å². The molecule has 2 aromatic heterocycles. The molecule has 0 saturated carbocycles. The SMILES string of the molecule is CCn1c(SCC(=O)Nc2sc(C)c(-c3ccccc3)c2C(=O)OC)nnc1C(C)Oc1cc(C)cc(C)c1. The third-order valence-electron chi connectivity index (χ3n) is 6.05. The number of aromatic nitrogens is 3. The molecule has 0 aliphatic carbocycles. The first kappa shape index (κ1) is 28.4. The van der Waals surface area contributed by atoms with E-state index in [1.54, 1.807) is 0 Å². The number of methoxy groups -OCH3 is 1. The van der Waals surface area contributed by atoms with Gasteiger partial charge in [0.2, 0.25) is 5.91 Å². The van der Waals surface area contributed by atoms with Crippen molar-refractivity contribution in [2.45, 2.75) is 52.4 Å². The summed E-state index contributed by atoms with van der Waals surface area (Å²) in [5.74, 6) is 0.825. The van der Waals surface area contributed by atoms with E-state index in [0.29, 0.717) is 28.1 Å². The molecule has 1 N–H and O–H groups in total. The molecule has 0 saturated heterocycles. The van der Waals surface area contributed by atoms with Crippen molar-refractivity contribution in [3.8, 4) is 16.9 Å². The molecule has 0 bridgehead atoms. The fourth-order valence-electron chi connectivity index (χ4n) is 4.44. The molecular formula is C29H32N4O4S2. The first-order chi connectivity index (χ1) is 18.7. The van der Waals surface area contributed by atoms with Crippen LogP contribution in [0, 0.1) is 20.8 Å². The predicted molar refractivity (Wildman–Crippen MR) is 156 cm³/mol. The number of aryl methyl sites for hydroxylation is 3. The van der Waals surface area contributed by atoms with Gasteiger partial charge in [0, 0.05) is 17.0 Å². The number of rotatable bonds is 10. The fourth-order valence-corrected chi connectivity index (χ4v) is 6.33. The highest BCUT2D eigenvalue weighted by atomic mass is 32.2. The topological polar surface area (TPSA) is 95.3 Å². The van der Waals surface area contributed by atoms with Crippen LogP contribution in [-0.2, 0) is 16.1 Å². The maximum atomic E-state index is 13.0. The number of anilines is 1. The standard InChI is InChI=1S/C29H32N4O4S2/c1-7-33-26(19(4)37-22-14-17(2)13-18(3)15-22)31-32-29(33)38-16-23(34)30-27-25(28(35)36-6)24(20(5)39-27)21-11-9-8-10-12-21/h8-15,19H,7,16H2,1-6H3,(H,30,34). The highest BCUT2D eigenvalue weighted by Gasteiger charge is 2.25. The van der Waals surface area contributed by atoms with Crippen molar-refractivity contribution >= 4 is 40.0 Å². The number of ether oxygens (including phenoxy) is 2. The van der Waals surface area contributed by atoms with E-state index >= 15 is 0 Å². The van der Waals surface area contributed by atoms with E-state index in [1.165, 1.54) is 30.2 Å². The van der Waals surface area contributed by atoms with Gasteiger partial charge in [0.05, 0.1) is 12.9 Å². The zero-order chi connectivity index (χ0) is 28.1. The lowest BCUT2D eigenvalue weighted by Crippen LogP contribution is -2.17. The van der Waals surface area contributed by atoms with Crippen molar-refractivity contribution in [1.29, 1.82) is 0 Å². The Morgan fingerprint density at radius 1 is 1.08 bits per heavy atom. The molecule has 4 rings (SSSR count). The van der Waals surface area contributed by atoms with Crippen LogP contribution in [0.1, 0.15) is 52.1 Å². The lowest BCUT2D eigenvalue weighted by molar-refractivity contribution is -0.113. The van der Waals surface area contributed by atoms with E-state index in [0.717, 1.165) is 32.9 Å². The number of hydrogen-bond donors (Lipinski definition) is 1. The van der Waals surface area contributed by atoms with Gasteiger partial charge in [0.15, 0.2) is 17.1 Å². The van der Waals surface area contributed by atoms with Crippen molar-refractivity contribution in [1.82, 2.24) is 14.8 Å². The van der Waals surface area contributed by atoms with Crippen molar-refractivity contribution < 1.29 is 19.1 Å². The molecule has 8 nitrogen and oxygen atoms in total. The normalized spacial score (nSPS) is 11.7. The van der Waals surface area contributed by atoms with Gasteiger partial charge in [-0.2, -0.15) is 0 Å². The molecule has 2 aromatic carbocycles. The maximum absolute atomic E-state index is 13.0. The summed E-state index contributed by atoms with van der Waals surface area (Å²) in [4.78, 5) is 26.6. The van der Waals surface area contributed by atoms with Crippen LogP contribution in [0.25, 0.3) is 11.1 Å². The molecular weight excluding hydrogens is 532 g/mol. The Morgan fingerprint density at radius 2 is 1.77 bits per heavy atom. The number of carbonyl (C=O) groups is 2. The summed E-state index contributed by atoms with van der Waals surface area (Å²) >= 11 is 2.64. The van der Waals surface area contributed by atoms with E-state index in [9.17, 15) is 9.59 Å². The number of amides is 1. The second-order valence-corrected chi connectivity index (χ2v) is 11.3. The monoisotopic (exact) mass is 564 g/mol. The largest absolute Gasteiger partial charge is 0.483 e. The number of benzene rings is 2. The van der Waals surface area contributed by atoms with Crippen LogP contribution in [0.2, 0.25) is 0 Å². The van der Waals surface area contributed by atoms with Crippen molar-refractivity contribution in [3.05, 3.63) is 75.9 Å². The van der Waals surface area contributed by atoms with E-state index in [1.807, 2.05) is 81.7 Å². The number of hydrogen-bond acceptors (Lipinski definition) is 8. The van der Waals surface area contributed by atoms with Crippen molar-refractivity contribution in [3.63, 3.8) is 0 Å². The Kier molecular flexibility index (Phi) is 9.08. The van der Waals surface area contributed by atoms with Crippen LogP contribution in [0.3, 0.4) is 0 Å². The molecule has 1 unspecified atom stereocenters. The Hall–Kier alpha value is -3.63.